The fourth-order valence-electron chi connectivity index (χ4n) is 2.41. The number of nitrogens with zero attached hydrogens (tertiary/aromatic N) is 1. The van der Waals surface area contributed by atoms with Crippen molar-refractivity contribution < 1.29 is 14.2 Å². The Balaban J connectivity index is 2.01. The number of hydrogen-bond donors (Lipinski definition) is 0. The molecule has 124 valence electrons. The van der Waals surface area contributed by atoms with Crippen molar-refractivity contribution in [3.63, 3.8) is 0 Å². The van der Waals surface area contributed by atoms with Gasteiger partial charge >= 0.3 is 0 Å². The number of aromatic nitrogens is 1. The largest absolute Gasteiger partial charge is 0.496 e. The van der Waals surface area contributed by atoms with E-state index in [9.17, 15) is 0 Å². The number of para-hydroxylation sites is 1. The van der Waals surface area contributed by atoms with Crippen LogP contribution in [0.25, 0.3) is 21.8 Å². The van der Waals surface area contributed by atoms with Gasteiger partial charge in [-0.1, -0.05) is 6.07 Å². The highest BCUT2D eigenvalue weighted by Crippen LogP contribution is 2.40. The highest BCUT2D eigenvalue weighted by molar-refractivity contribution is 9.10. The maximum Gasteiger partial charge on any atom is 0.170 e. The van der Waals surface area contributed by atoms with Crippen LogP contribution in [0.3, 0.4) is 0 Å². The monoisotopic (exact) mass is 405 g/mol. The van der Waals surface area contributed by atoms with Crippen LogP contribution in [-0.2, 0) is 0 Å². The van der Waals surface area contributed by atoms with Crippen LogP contribution < -0.4 is 14.2 Å². The molecule has 1 heterocycles. The Morgan fingerprint density at radius 3 is 2.42 bits per heavy atom. The predicted molar refractivity (Wildman–Crippen MR) is 100 cm³/mol. The minimum Gasteiger partial charge on any atom is -0.496 e. The zero-order valence-electron chi connectivity index (χ0n) is 13.5. The first-order chi connectivity index (χ1) is 11.7. The molecule has 0 aliphatic carbocycles. The van der Waals surface area contributed by atoms with Crippen LogP contribution >= 0.6 is 27.3 Å². The molecule has 0 radical (unpaired) electrons. The highest BCUT2D eigenvalue weighted by atomic mass is 79.9. The summed E-state index contributed by atoms with van der Waals surface area (Å²) in [5, 5.41) is 2.91. The zero-order valence-corrected chi connectivity index (χ0v) is 15.9. The lowest BCUT2D eigenvalue weighted by Gasteiger charge is -2.10. The van der Waals surface area contributed by atoms with Gasteiger partial charge in [0.15, 0.2) is 11.5 Å². The van der Waals surface area contributed by atoms with E-state index < -0.39 is 0 Å². The van der Waals surface area contributed by atoms with Crippen molar-refractivity contribution in [1.29, 1.82) is 0 Å². The predicted octanol–water partition coefficient (Wildman–Crippen LogP) is 5.27. The Morgan fingerprint density at radius 2 is 1.75 bits per heavy atom. The molecule has 2 aromatic carbocycles. The molecule has 3 aromatic rings. The molecular formula is C18H16BrNO3S. The average Bonchev–Trinajstić information content (AvgIpc) is 3.10. The summed E-state index contributed by atoms with van der Waals surface area (Å²) in [5.41, 5.74) is 2.84. The van der Waals surface area contributed by atoms with E-state index in [1.165, 1.54) is 0 Å². The van der Waals surface area contributed by atoms with Crippen molar-refractivity contribution in [2.45, 2.75) is 0 Å². The van der Waals surface area contributed by atoms with Crippen molar-refractivity contribution >= 4 is 27.3 Å². The fraction of sp³-hybridized carbons (Fsp3) is 0.167. The smallest absolute Gasteiger partial charge is 0.170 e. The Labute approximate surface area is 153 Å². The normalized spacial score (nSPS) is 10.5. The summed E-state index contributed by atoms with van der Waals surface area (Å²) in [6.45, 7) is 0. The molecule has 1 aromatic heterocycles. The van der Waals surface area contributed by atoms with Gasteiger partial charge in [0, 0.05) is 10.9 Å². The zero-order chi connectivity index (χ0) is 17.1. The lowest BCUT2D eigenvalue weighted by atomic mass is 10.1. The van der Waals surface area contributed by atoms with Crippen molar-refractivity contribution in [3.8, 4) is 39.1 Å². The van der Waals surface area contributed by atoms with E-state index in [2.05, 4.69) is 15.9 Å². The maximum atomic E-state index is 5.50. The van der Waals surface area contributed by atoms with Crippen LogP contribution in [0, 0.1) is 0 Å². The molecule has 0 unspecified atom stereocenters. The van der Waals surface area contributed by atoms with Crippen LogP contribution in [0.15, 0.2) is 46.3 Å². The van der Waals surface area contributed by atoms with Gasteiger partial charge in [-0.25, -0.2) is 4.98 Å². The van der Waals surface area contributed by atoms with Gasteiger partial charge < -0.3 is 14.2 Å². The van der Waals surface area contributed by atoms with E-state index >= 15 is 0 Å². The summed E-state index contributed by atoms with van der Waals surface area (Å²) in [4.78, 5) is 4.75. The van der Waals surface area contributed by atoms with Crippen LogP contribution in [0.2, 0.25) is 0 Å². The van der Waals surface area contributed by atoms with Crippen molar-refractivity contribution in [2.24, 2.45) is 0 Å². The molecule has 24 heavy (non-hydrogen) atoms. The Hall–Kier alpha value is -2.05. The molecule has 6 heteroatoms. The minimum absolute atomic E-state index is 0.691. The molecule has 0 spiro atoms. The molecule has 0 fully saturated rings. The Morgan fingerprint density at radius 1 is 0.958 bits per heavy atom. The number of thiazole rings is 1. The molecule has 4 nitrogen and oxygen atoms in total. The Kier molecular flexibility index (Phi) is 5.06. The van der Waals surface area contributed by atoms with E-state index in [1.807, 2.05) is 41.8 Å². The summed E-state index contributed by atoms with van der Waals surface area (Å²) in [6, 6.07) is 11.7. The summed E-state index contributed by atoms with van der Waals surface area (Å²) < 4.78 is 17.0. The minimum atomic E-state index is 0.691. The number of benzene rings is 2. The molecule has 0 atom stereocenters. The highest BCUT2D eigenvalue weighted by Gasteiger charge is 2.15. The Bertz CT molecular complexity index is 863. The van der Waals surface area contributed by atoms with Crippen molar-refractivity contribution in [3.05, 3.63) is 46.3 Å². The third-order valence-electron chi connectivity index (χ3n) is 3.59. The second-order valence-corrected chi connectivity index (χ2v) is 6.64. The summed E-state index contributed by atoms with van der Waals surface area (Å²) in [6.07, 6.45) is 0. The quantitative estimate of drug-likeness (QED) is 0.579. The van der Waals surface area contributed by atoms with E-state index in [4.69, 9.17) is 19.2 Å². The molecule has 3 rings (SSSR count). The van der Waals surface area contributed by atoms with Crippen molar-refractivity contribution in [2.75, 3.05) is 21.3 Å². The summed E-state index contributed by atoms with van der Waals surface area (Å²) in [7, 11) is 4.91. The first-order valence-electron chi connectivity index (χ1n) is 7.18. The van der Waals surface area contributed by atoms with Crippen LogP contribution in [-0.4, -0.2) is 26.3 Å². The van der Waals surface area contributed by atoms with E-state index in [1.54, 1.807) is 32.7 Å². The molecule has 0 N–H and O–H groups in total. The van der Waals surface area contributed by atoms with Gasteiger partial charge in [0.25, 0.3) is 0 Å². The first-order valence-corrected chi connectivity index (χ1v) is 8.86. The van der Waals surface area contributed by atoms with Crippen LogP contribution in [0.5, 0.6) is 17.2 Å². The lowest BCUT2D eigenvalue weighted by Crippen LogP contribution is -1.93. The lowest BCUT2D eigenvalue weighted by molar-refractivity contribution is 0.356. The summed E-state index contributed by atoms with van der Waals surface area (Å²) in [5.74, 6) is 2.18. The van der Waals surface area contributed by atoms with Gasteiger partial charge in [-0.15, -0.1) is 11.3 Å². The van der Waals surface area contributed by atoms with Gasteiger partial charge in [0.1, 0.15) is 10.8 Å². The average molecular weight is 406 g/mol. The van der Waals surface area contributed by atoms with Gasteiger partial charge in [0.2, 0.25) is 0 Å². The van der Waals surface area contributed by atoms with E-state index in [0.717, 1.165) is 32.1 Å². The second kappa shape index (κ2) is 7.23. The molecule has 0 aliphatic heterocycles. The van der Waals surface area contributed by atoms with Gasteiger partial charge in [0.05, 0.1) is 37.1 Å². The maximum absolute atomic E-state index is 5.50. The van der Waals surface area contributed by atoms with Crippen molar-refractivity contribution in [1.82, 2.24) is 4.98 Å². The van der Waals surface area contributed by atoms with E-state index in [0.29, 0.717) is 11.5 Å². The van der Waals surface area contributed by atoms with Crippen LogP contribution in [0.4, 0.5) is 0 Å². The molecule has 0 saturated carbocycles. The number of methoxy groups -OCH3 is 3. The standard InChI is InChI=1S/C18H16BrNO3S/c1-21-15-8-7-11(9-13(15)19)14-10-24-18(20-14)12-5-4-6-16(22-2)17(12)23-3/h4-10H,1-3H3. The topological polar surface area (TPSA) is 40.6 Å². The fourth-order valence-corrected chi connectivity index (χ4v) is 3.80. The number of hydrogen-bond acceptors (Lipinski definition) is 5. The number of ether oxygens (including phenoxy) is 3. The molecule has 0 aliphatic rings. The molecule has 0 bridgehead atoms. The molecular weight excluding hydrogens is 390 g/mol. The number of halogens is 1. The second-order valence-electron chi connectivity index (χ2n) is 4.93. The SMILES string of the molecule is COc1ccc(-c2csc(-c3cccc(OC)c3OC)n2)cc1Br. The van der Waals surface area contributed by atoms with Gasteiger partial charge in [-0.2, -0.15) is 0 Å². The summed E-state index contributed by atoms with van der Waals surface area (Å²) >= 11 is 5.08. The van der Waals surface area contributed by atoms with Gasteiger partial charge in [-0.3, -0.25) is 0 Å². The number of rotatable bonds is 5. The third-order valence-corrected chi connectivity index (χ3v) is 5.08. The van der Waals surface area contributed by atoms with E-state index in [-0.39, 0.29) is 0 Å². The third kappa shape index (κ3) is 3.12. The van der Waals surface area contributed by atoms with Gasteiger partial charge in [-0.05, 0) is 46.3 Å². The van der Waals surface area contributed by atoms with Crippen LogP contribution in [0.1, 0.15) is 0 Å². The molecule has 0 amide bonds. The molecule has 0 saturated heterocycles. The first kappa shape index (κ1) is 16.8.